The van der Waals surface area contributed by atoms with E-state index in [4.69, 9.17) is 0 Å². The number of aromatic nitrogens is 4. The van der Waals surface area contributed by atoms with Crippen LogP contribution in [0.2, 0.25) is 0 Å². The van der Waals surface area contributed by atoms with Crippen LogP contribution in [0.5, 0.6) is 0 Å². The number of hydrogen-bond donors (Lipinski definition) is 2. The van der Waals surface area contributed by atoms with Gasteiger partial charge in [0.1, 0.15) is 5.69 Å². The van der Waals surface area contributed by atoms with Gasteiger partial charge in [0.2, 0.25) is 0 Å². The summed E-state index contributed by atoms with van der Waals surface area (Å²) in [5.74, 6) is 0.234. The van der Waals surface area contributed by atoms with Gasteiger partial charge < -0.3 is 9.80 Å². The molecule has 0 saturated carbocycles. The topological polar surface area (TPSA) is 128 Å². The molecular formula is C20H29N9O2. The second kappa shape index (κ2) is 9.27. The van der Waals surface area contributed by atoms with Gasteiger partial charge in [-0.25, -0.2) is 5.43 Å². The zero-order valence-corrected chi connectivity index (χ0v) is 18.0. The Balaban J connectivity index is 1.76. The van der Waals surface area contributed by atoms with Gasteiger partial charge in [-0.15, -0.1) is 5.10 Å². The molecule has 0 unspecified atom stereocenters. The first kappa shape index (κ1) is 21.0. The molecule has 2 fully saturated rings. The number of hydrazone groups is 1. The highest BCUT2D eigenvalue weighted by Crippen LogP contribution is 2.39. The fourth-order valence-electron chi connectivity index (χ4n) is 4.59. The lowest BCUT2D eigenvalue weighted by Crippen LogP contribution is -2.40. The second-order valence-electron chi connectivity index (χ2n) is 8.34. The van der Waals surface area contributed by atoms with E-state index in [0.29, 0.717) is 17.3 Å². The fraction of sp³-hybridized carbons (Fsp3) is 0.600. The van der Waals surface area contributed by atoms with Crippen LogP contribution in [-0.4, -0.2) is 56.9 Å². The van der Waals surface area contributed by atoms with Crippen molar-refractivity contribution in [1.82, 2.24) is 20.6 Å². The first-order valence-electron chi connectivity index (χ1n) is 10.9. The monoisotopic (exact) mass is 427 g/mol. The minimum Gasteiger partial charge on any atom is -0.368 e. The number of nitrogens with one attached hydrogen (secondary N) is 2. The van der Waals surface area contributed by atoms with E-state index < -0.39 is 0 Å². The molecule has 0 radical (unpaired) electrons. The van der Waals surface area contributed by atoms with E-state index in [0.717, 1.165) is 50.9 Å². The van der Waals surface area contributed by atoms with Crippen molar-refractivity contribution in [2.75, 3.05) is 28.3 Å². The zero-order valence-electron chi connectivity index (χ0n) is 18.0. The number of aromatic amines is 1. The van der Waals surface area contributed by atoms with E-state index in [9.17, 15) is 10.1 Å². The average Bonchev–Trinajstić information content (AvgIpc) is 3.28. The Morgan fingerprint density at radius 3 is 2.39 bits per heavy atom. The zero-order chi connectivity index (χ0) is 21.8. The number of piperidine rings is 2. The SMILES string of the molecule is C[C@@H]1CCCCN1c1cc(N2CCCC[C@@H]2C)c([N+](=O)[O-])cc1/C=N\Nc1nn[nH]n1. The predicted molar refractivity (Wildman–Crippen MR) is 120 cm³/mol. The molecule has 2 atom stereocenters. The van der Waals surface area contributed by atoms with Crippen LogP contribution < -0.4 is 15.2 Å². The molecule has 31 heavy (non-hydrogen) atoms. The van der Waals surface area contributed by atoms with Gasteiger partial charge in [-0.2, -0.15) is 10.3 Å². The molecule has 2 aliphatic rings. The minimum absolute atomic E-state index is 0.114. The lowest BCUT2D eigenvalue weighted by Gasteiger charge is -2.39. The average molecular weight is 428 g/mol. The molecule has 0 aliphatic carbocycles. The molecular weight excluding hydrogens is 398 g/mol. The molecule has 2 aliphatic heterocycles. The quantitative estimate of drug-likeness (QED) is 0.408. The standard InChI is InChI=1S/C20H29N9O2/c1-14-7-3-5-9-27(14)17-12-18(28-10-6-4-8-15(28)2)19(29(30)31)11-16(17)13-21-22-20-23-25-26-24-20/h11-15H,3-10H2,1-2H3,(H2,22,23,24,25,26)/b21-13-/t14-,15+/m1/s1. The molecule has 0 amide bonds. The largest absolute Gasteiger partial charge is 0.368 e. The maximum absolute atomic E-state index is 12.0. The minimum atomic E-state index is -0.288. The van der Waals surface area contributed by atoms with E-state index in [1.54, 1.807) is 12.3 Å². The van der Waals surface area contributed by atoms with Crippen LogP contribution in [0.3, 0.4) is 0 Å². The van der Waals surface area contributed by atoms with E-state index in [-0.39, 0.29) is 22.6 Å². The van der Waals surface area contributed by atoms with E-state index in [2.05, 4.69) is 54.8 Å². The van der Waals surface area contributed by atoms with Gasteiger partial charge in [0.15, 0.2) is 0 Å². The van der Waals surface area contributed by atoms with Gasteiger partial charge in [-0.1, -0.05) is 5.10 Å². The summed E-state index contributed by atoms with van der Waals surface area (Å²) in [4.78, 5) is 16.3. The predicted octanol–water partition coefficient (Wildman–Crippen LogP) is 3.31. The van der Waals surface area contributed by atoms with E-state index in [1.807, 2.05) is 6.07 Å². The van der Waals surface area contributed by atoms with Gasteiger partial charge in [0.05, 0.1) is 11.1 Å². The number of benzene rings is 1. The van der Waals surface area contributed by atoms with Crippen molar-refractivity contribution in [3.05, 3.63) is 27.8 Å². The van der Waals surface area contributed by atoms with E-state index in [1.165, 1.54) is 6.42 Å². The molecule has 11 heteroatoms. The van der Waals surface area contributed by atoms with Crippen molar-refractivity contribution in [1.29, 1.82) is 0 Å². The summed E-state index contributed by atoms with van der Waals surface area (Å²) >= 11 is 0. The van der Waals surface area contributed by atoms with Crippen molar-refractivity contribution >= 4 is 29.2 Å². The van der Waals surface area contributed by atoms with Crippen LogP contribution in [0.4, 0.5) is 23.0 Å². The normalized spacial score (nSPS) is 22.1. The number of tetrazole rings is 1. The highest BCUT2D eigenvalue weighted by Gasteiger charge is 2.30. The maximum atomic E-state index is 12.0. The Morgan fingerprint density at radius 2 is 1.81 bits per heavy atom. The van der Waals surface area contributed by atoms with Gasteiger partial charge in [0, 0.05) is 42.5 Å². The Hall–Kier alpha value is -3.24. The highest BCUT2D eigenvalue weighted by atomic mass is 16.6. The molecule has 1 aromatic heterocycles. The molecule has 0 bridgehead atoms. The number of nitro groups is 1. The molecule has 3 heterocycles. The number of nitro benzene ring substituents is 1. The molecule has 2 saturated heterocycles. The molecule has 2 N–H and O–H groups in total. The van der Waals surface area contributed by atoms with Crippen LogP contribution in [-0.2, 0) is 0 Å². The molecule has 0 spiro atoms. The third kappa shape index (κ3) is 4.59. The Morgan fingerprint density at radius 1 is 1.13 bits per heavy atom. The maximum Gasteiger partial charge on any atom is 0.293 e. The number of rotatable bonds is 6. The Bertz CT molecular complexity index is 931. The lowest BCUT2D eigenvalue weighted by molar-refractivity contribution is -0.384. The van der Waals surface area contributed by atoms with Crippen LogP contribution in [0.15, 0.2) is 17.2 Å². The number of anilines is 3. The van der Waals surface area contributed by atoms with Gasteiger partial charge in [-0.05, 0) is 63.7 Å². The first-order chi connectivity index (χ1) is 15.0. The van der Waals surface area contributed by atoms with Gasteiger partial charge >= 0.3 is 0 Å². The molecule has 1 aromatic carbocycles. The lowest BCUT2D eigenvalue weighted by atomic mass is 9.98. The van der Waals surface area contributed by atoms with Crippen LogP contribution in [0.25, 0.3) is 0 Å². The summed E-state index contributed by atoms with van der Waals surface area (Å²) in [6, 6.07) is 4.28. The van der Waals surface area contributed by atoms with Crippen molar-refractivity contribution in [2.24, 2.45) is 5.10 Å². The summed E-state index contributed by atoms with van der Waals surface area (Å²) in [5, 5.41) is 29.6. The summed E-state index contributed by atoms with van der Waals surface area (Å²) in [7, 11) is 0. The van der Waals surface area contributed by atoms with Crippen molar-refractivity contribution in [3.8, 4) is 0 Å². The van der Waals surface area contributed by atoms with E-state index >= 15 is 0 Å². The van der Waals surface area contributed by atoms with Crippen molar-refractivity contribution in [3.63, 3.8) is 0 Å². The Kier molecular flexibility index (Phi) is 6.28. The van der Waals surface area contributed by atoms with Gasteiger partial charge in [-0.3, -0.25) is 10.1 Å². The smallest absolute Gasteiger partial charge is 0.293 e. The van der Waals surface area contributed by atoms with Gasteiger partial charge in [0.25, 0.3) is 11.6 Å². The molecule has 166 valence electrons. The number of H-pyrrole nitrogens is 1. The summed E-state index contributed by atoms with van der Waals surface area (Å²) in [5.41, 5.74) is 5.19. The summed E-state index contributed by atoms with van der Waals surface area (Å²) < 4.78 is 0. The number of hydrogen-bond acceptors (Lipinski definition) is 9. The molecule has 2 aromatic rings. The van der Waals surface area contributed by atoms with Crippen LogP contribution in [0.1, 0.15) is 57.9 Å². The second-order valence-corrected chi connectivity index (χ2v) is 8.34. The Labute approximate surface area is 181 Å². The first-order valence-corrected chi connectivity index (χ1v) is 10.9. The van der Waals surface area contributed by atoms with Crippen LogP contribution >= 0.6 is 0 Å². The number of nitrogens with zero attached hydrogens (tertiary/aromatic N) is 7. The molecule has 4 rings (SSSR count). The third-order valence-electron chi connectivity index (χ3n) is 6.26. The highest BCUT2D eigenvalue weighted by molar-refractivity contribution is 5.92. The van der Waals surface area contributed by atoms with Crippen molar-refractivity contribution in [2.45, 2.75) is 64.5 Å². The summed E-state index contributed by atoms with van der Waals surface area (Å²) in [6.07, 6.45) is 8.26. The third-order valence-corrected chi connectivity index (χ3v) is 6.26. The summed E-state index contributed by atoms with van der Waals surface area (Å²) in [6.45, 7) is 6.12. The molecule has 11 nitrogen and oxygen atoms in total. The van der Waals surface area contributed by atoms with Crippen LogP contribution in [0, 0.1) is 10.1 Å². The van der Waals surface area contributed by atoms with Crippen molar-refractivity contribution < 1.29 is 4.92 Å². The fourth-order valence-corrected chi connectivity index (χ4v) is 4.59.